The van der Waals surface area contributed by atoms with E-state index in [1.807, 2.05) is 24.3 Å². The Bertz CT molecular complexity index is 1620. The zero-order valence-electron chi connectivity index (χ0n) is 22.0. The summed E-state index contributed by atoms with van der Waals surface area (Å²) in [5.41, 5.74) is 8.69. The van der Waals surface area contributed by atoms with Crippen molar-refractivity contribution in [3.63, 3.8) is 0 Å². The average Bonchev–Trinajstić information content (AvgIpc) is 3.63. The molecule has 0 fully saturated rings. The van der Waals surface area contributed by atoms with Gasteiger partial charge in [-0.25, -0.2) is 0 Å². The highest BCUT2D eigenvalue weighted by atomic mass is 79.9. The smallest absolute Gasteiger partial charge is 0.119 e. The van der Waals surface area contributed by atoms with Crippen molar-refractivity contribution in [3.8, 4) is 56.8 Å². The maximum Gasteiger partial charge on any atom is 0.119 e. The fourth-order valence-electron chi connectivity index (χ4n) is 4.98. The van der Waals surface area contributed by atoms with Crippen molar-refractivity contribution in [2.45, 2.75) is 0 Å². The van der Waals surface area contributed by atoms with Crippen molar-refractivity contribution in [2.75, 3.05) is 14.2 Å². The molecule has 4 aromatic carbocycles. The Morgan fingerprint density at radius 3 is 1.05 bits per heavy atom. The Hall–Kier alpha value is -4.00. The number of ether oxygens (including phenoxy) is 2. The van der Waals surface area contributed by atoms with Crippen molar-refractivity contribution in [1.29, 1.82) is 0 Å². The predicted octanol–water partition coefficient (Wildman–Crippen LogP) is 9.81. The number of hydrogen-bond donors (Lipinski definition) is 0. The third kappa shape index (κ3) is 5.01. The molecule has 0 saturated carbocycles. The number of benzene rings is 4. The molecule has 40 heavy (non-hydrogen) atoms. The SMILES string of the molecule is COc1ccc(-n2c(-c3ccc(Br)cc3)ccc2-c2ccc(-c3ccc(Br)cc3)n2-c2ccc(OC)cc2)cc1. The van der Waals surface area contributed by atoms with Crippen LogP contribution in [-0.2, 0) is 0 Å². The molecule has 6 heteroatoms. The molecular weight excluding hydrogens is 628 g/mol. The van der Waals surface area contributed by atoms with Crippen LogP contribution in [0.25, 0.3) is 45.3 Å². The highest BCUT2D eigenvalue weighted by Crippen LogP contribution is 2.38. The highest BCUT2D eigenvalue weighted by molar-refractivity contribution is 9.10. The van der Waals surface area contributed by atoms with Crippen molar-refractivity contribution < 1.29 is 9.47 Å². The monoisotopic (exact) mass is 652 g/mol. The van der Waals surface area contributed by atoms with Crippen LogP contribution in [0.3, 0.4) is 0 Å². The summed E-state index contributed by atoms with van der Waals surface area (Å²) in [7, 11) is 3.38. The van der Waals surface area contributed by atoms with Gasteiger partial charge in [0.25, 0.3) is 0 Å². The molecule has 0 aliphatic rings. The van der Waals surface area contributed by atoms with E-state index in [2.05, 4.69) is 138 Å². The third-order valence-electron chi connectivity index (χ3n) is 6.97. The Labute approximate surface area is 250 Å². The van der Waals surface area contributed by atoms with E-state index in [1.165, 1.54) is 0 Å². The van der Waals surface area contributed by atoms with Crippen molar-refractivity contribution in [1.82, 2.24) is 9.13 Å². The number of rotatable bonds is 7. The van der Waals surface area contributed by atoms with Crippen LogP contribution in [0, 0.1) is 0 Å². The van der Waals surface area contributed by atoms with Crippen LogP contribution in [0.4, 0.5) is 0 Å². The van der Waals surface area contributed by atoms with Gasteiger partial charge in [0.05, 0.1) is 37.0 Å². The average molecular weight is 654 g/mol. The molecule has 0 unspecified atom stereocenters. The summed E-state index contributed by atoms with van der Waals surface area (Å²) in [5.74, 6) is 1.64. The first kappa shape index (κ1) is 26.2. The van der Waals surface area contributed by atoms with Gasteiger partial charge in [0.15, 0.2) is 0 Å². The molecule has 2 heterocycles. The van der Waals surface area contributed by atoms with Gasteiger partial charge < -0.3 is 18.6 Å². The molecule has 6 rings (SSSR count). The Morgan fingerprint density at radius 1 is 0.400 bits per heavy atom. The van der Waals surface area contributed by atoms with Crippen LogP contribution in [0.5, 0.6) is 11.5 Å². The molecule has 0 atom stereocenters. The van der Waals surface area contributed by atoms with E-state index in [0.717, 1.165) is 65.7 Å². The Morgan fingerprint density at radius 2 is 0.725 bits per heavy atom. The lowest BCUT2D eigenvalue weighted by Gasteiger charge is -2.18. The van der Waals surface area contributed by atoms with Crippen molar-refractivity contribution >= 4 is 31.9 Å². The van der Waals surface area contributed by atoms with Gasteiger partial charge >= 0.3 is 0 Å². The zero-order chi connectivity index (χ0) is 27.6. The lowest BCUT2D eigenvalue weighted by atomic mass is 10.1. The van der Waals surface area contributed by atoms with Crippen LogP contribution in [0.1, 0.15) is 0 Å². The standard InChI is InChI=1S/C34H26Br2N2O2/c1-39-29-15-11-27(12-16-29)37-31(23-3-7-25(35)8-4-23)19-21-33(37)34-22-20-32(24-5-9-26(36)10-6-24)38(34)28-13-17-30(40-2)18-14-28/h3-22H,1-2H3. The molecule has 0 bridgehead atoms. The first-order valence-electron chi connectivity index (χ1n) is 12.8. The number of hydrogen-bond acceptors (Lipinski definition) is 2. The molecule has 198 valence electrons. The maximum absolute atomic E-state index is 5.45. The quantitative estimate of drug-likeness (QED) is 0.172. The summed E-state index contributed by atoms with van der Waals surface area (Å²) in [5, 5.41) is 0. The van der Waals surface area contributed by atoms with E-state index < -0.39 is 0 Å². The third-order valence-corrected chi connectivity index (χ3v) is 8.02. The minimum absolute atomic E-state index is 0.821. The summed E-state index contributed by atoms with van der Waals surface area (Å²) in [6.07, 6.45) is 0. The van der Waals surface area contributed by atoms with Gasteiger partial charge in [0.2, 0.25) is 0 Å². The molecule has 0 N–H and O–H groups in total. The fourth-order valence-corrected chi connectivity index (χ4v) is 5.51. The summed E-state index contributed by atoms with van der Waals surface area (Å²) < 4.78 is 17.6. The number of halogens is 2. The summed E-state index contributed by atoms with van der Waals surface area (Å²) in [4.78, 5) is 0. The Kier molecular flexibility index (Phi) is 7.37. The first-order valence-corrected chi connectivity index (χ1v) is 14.4. The van der Waals surface area contributed by atoms with Crippen LogP contribution < -0.4 is 9.47 Å². The lowest BCUT2D eigenvalue weighted by molar-refractivity contribution is 0.414. The van der Waals surface area contributed by atoms with Crippen LogP contribution in [0.15, 0.2) is 130 Å². The number of aromatic nitrogens is 2. The lowest BCUT2D eigenvalue weighted by Crippen LogP contribution is -2.04. The molecule has 2 aromatic heterocycles. The number of methoxy groups -OCH3 is 2. The van der Waals surface area contributed by atoms with E-state index in [4.69, 9.17) is 9.47 Å². The maximum atomic E-state index is 5.45. The van der Waals surface area contributed by atoms with E-state index >= 15 is 0 Å². The fraction of sp³-hybridized carbons (Fsp3) is 0.0588. The van der Waals surface area contributed by atoms with Crippen LogP contribution in [-0.4, -0.2) is 23.4 Å². The minimum atomic E-state index is 0.821. The van der Waals surface area contributed by atoms with Crippen LogP contribution in [0.2, 0.25) is 0 Å². The molecule has 0 amide bonds. The highest BCUT2D eigenvalue weighted by Gasteiger charge is 2.20. The van der Waals surface area contributed by atoms with Gasteiger partial charge in [0, 0.05) is 20.3 Å². The molecule has 6 aromatic rings. The van der Waals surface area contributed by atoms with Gasteiger partial charge in [-0.3, -0.25) is 0 Å². The van der Waals surface area contributed by atoms with Crippen molar-refractivity contribution in [2.24, 2.45) is 0 Å². The molecule has 0 saturated heterocycles. The molecule has 0 radical (unpaired) electrons. The topological polar surface area (TPSA) is 28.3 Å². The second kappa shape index (κ2) is 11.2. The zero-order valence-corrected chi connectivity index (χ0v) is 25.2. The van der Waals surface area contributed by atoms with Gasteiger partial charge in [0.1, 0.15) is 11.5 Å². The molecule has 4 nitrogen and oxygen atoms in total. The van der Waals surface area contributed by atoms with Gasteiger partial charge in [-0.1, -0.05) is 56.1 Å². The summed E-state index contributed by atoms with van der Waals surface area (Å²) in [6, 6.07) is 42.0. The van der Waals surface area contributed by atoms with E-state index in [0.29, 0.717) is 0 Å². The molecule has 0 aliphatic heterocycles. The summed E-state index contributed by atoms with van der Waals surface area (Å²) >= 11 is 7.16. The van der Waals surface area contributed by atoms with E-state index in [1.54, 1.807) is 14.2 Å². The number of nitrogens with zero attached hydrogens (tertiary/aromatic N) is 2. The van der Waals surface area contributed by atoms with E-state index in [9.17, 15) is 0 Å². The molecule has 0 spiro atoms. The normalized spacial score (nSPS) is 11.0. The largest absolute Gasteiger partial charge is 0.497 e. The van der Waals surface area contributed by atoms with Gasteiger partial charge in [-0.2, -0.15) is 0 Å². The van der Waals surface area contributed by atoms with Crippen LogP contribution >= 0.6 is 31.9 Å². The summed E-state index contributed by atoms with van der Waals surface area (Å²) in [6.45, 7) is 0. The first-order chi connectivity index (χ1) is 19.6. The minimum Gasteiger partial charge on any atom is -0.497 e. The van der Waals surface area contributed by atoms with E-state index in [-0.39, 0.29) is 0 Å². The molecular formula is C34H26Br2N2O2. The Balaban J connectivity index is 1.60. The second-order valence-electron chi connectivity index (χ2n) is 9.29. The predicted molar refractivity (Wildman–Crippen MR) is 170 cm³/mol. The van der Waals surface area contributed by atoms with Gasteiger partial charge in [-0.05, 0) is 108 Å². The second-order valence-corrected chi connectivity index (χ2v) is 11.1. The molecule has 0 aliphatic carbocycles. The van der Waals surface area contributed by atoms with Gasteiger partial charge in [-0.15, -0.1) is 0 Å². The van der Waals surface area contributed by atoms with Crippen molar-refractivity contribution in [3.05, 3.63) is 130 Å².